The maximum Gasteiger partial charge on any atom is 0.233 e. The Morgan fingerprint density at radius 2 is 2.00 bits per heavy atom. The summed E-state index contributed by atoms with van der Waals surface area (Å²) in [5, 5.41) is 21.9. The van der Waals surface area contributed by atoms with Gasteiger partial charge in [-0.25, -0.2) is 0 Å². The third-order valence-electron chi connectivity index (χ3n) is 5.47. The molecule has 1 aromatic heterocycles. The van der Waals surface area contributed by atoms with Gasteiger partial charge in [0.2, 0.25) is 5.91 Å². The van der Waals surface area contributed by atoms with Gasteiger partial charge in [0.1, 0.15) is 5.75 Å². The number of rotatable bonds is 5. The van der Waals surface area contributed by atoms with Crippen LogP contribution in [0.2, 0.25) is 0 Å². The molecule has 2 heterocycles. The number of hydrogen-bond donors (Lipinski definition) is 1. The van der Waals surface area contributed by atoms with Crippen molar-refractivity contribution in [3.8, 4) is 17.1 Å². The van der Waals surface area contributed by atoms with E-state index in [1.165, 1.54) is 18.2 Å². The zero-order valence-electron chi connectivity index (χ0n) is 16.8. The molecule has 0 radical (unpaired) electrons. The molecule has 1 N–H and O–H groups in total. The van der Waals surface area contributed by atoms with E-state index in [0.717, 1.165) is 30.3 Å². The maximum absolute atomic E-state index is 12.6. The van der Waals surface area contributed by atoms with Gasteiger partial charge in [-0.05, 0) is 48.6 Å². The number of aromatic nitrogens is 3. The van der Waals surface area contributed by atoms with Gasteiger partial charge in [0.05, 0.1) is 11.3 Å². The van der Waals surface area contributed by atoms with Crippen LogP contribution in [0.4, 0.5) is 0 Å². The molecule has 0 bridgehead atoms. The van der Waals surface area contributed by atoms with Gasteiger partial charge >= 0.3 is 0 Å². The Bertz CT molecular complexity index is 1030. The summed E-state index contributed by atoms with van der Waals surface area (Å²) in [4.78, 5) is 14.6. The van der Waals surface area contributed by atoms with E-state index < -0.39 is 0 Å². The molecule has 1 aliphatic rings. The molecule has 1 fully saturated rings. The van der Waals surface area contributed by atoms with Crippen molar-refractivity contribution in [2.75, 3.05) is 18.8 Å². The number of likely N-dealkylation sites (tertiary alicyclic amines) is 1. The number of carbonyl (C=O) groups is 1. The second-order valence-corrected chi connectivity index (χ2v) is 8.59. The molecule has 1 atom stereocenters. The highest BCUT2D eigenvalue weighted by Crippen LogP contribution is 2.34. The van der Waals surface area contributed by atoms with Crippen LogP contribution in [-0.4, -0.2) is 49.5 Å². The number of carbonyl (C=O) groups excluding carboxylic acids is 1. The number of hydrogen-bond acceptors (Lipinski definition) is 5. The molecule has 0 spiro atoms. The Balaban J connectivity index is 1.55. The largest absolute Gasteiger partial charge is 0.507 e. The Hall–Kier alpha value is -2.54. The molecule has 29 heavy (non-hydrogen) atoms. The average Bonchev–Trinajstić information content (AvgIpc) is 3.14. The molecule has 4 rings (SSSR count). The quantitative estimate of drug-likeness (QED) is 0.639. The first-order valence-corrected chi connectivity index (χ1v) is 11.1. The molecular weight excluding hydrogens is 384 g/mol. The second-order valence-electron chi connectivity index (χ2n) is 7.64. The first-order chi connectivity index (χ1) is 14.1. The lowest BCUT2D eigenvalue weighted by atomic mass is 10.0. The standard InChI is InChI=1S/C22H26N4O2S/c1-3-26-21(18-11-16-8-4-5-9-17(16)12-19(18)27)23-24-22(26)29-14-20(28)25-10-6-7-15(2)13-25/h4-5,8-9,11-12,15,27H,3,6-7,10,13-14H2,1-2H3. The molecule has 1 unspecified atom stereocenters. The van der Waals surface area contributed by atoms with Crippen molar-refractivity contribution in [1.82, 2.24) is 19.7 Å². The first-order valence-electron chi connectivity index (χ1n) is 10.1. The highest BCUT2D eigenvalue weighted by atomic mass is 32.2. The van der Waals surface area contributed by atoms with Crippen LogP contribution in [0.5, 0.6) is 5.75 Å². The van der Waals surface area contributed by atoms with Crippen LogP contribution in [-0.2, 0) is 11.3 Å². The third-order valence-corrected chi connectivity index (χ3v) is 6.42. The van der Waals surface area contributed by atoms with E-state index in [2.05, 4.69) is 17.1 Å². The van der Waals surface area contributed by atoms with Gasteiger partial charge in [0.25, 0.3) is 0 Å². The lowest BCUT2D eigenvalue weighted by Crippen LogP contribution is -2.40. The fourth-order valence-electron chi connectivity index (χ4n) is 3.92. The number of amides is 1. The minimum Gasteiger partial charge on any atom is -0.507 e. The number of piperidine rings is 1. The summed E-state index contributed by atoms with van der Waals surface area (Å²) < 4.78 is 1.96. The normalized spacial score (nSPS) is 17.0. The fraction of sp³-hybridized carbons (Fsp3) is 0.409. The van der Waals surface area contributed by atoms with Gasteiger partial charge in [-0.1, -0.05) is 43.0 Å². The van der Waals surface area contributed by atoms with Crippen molar-refractivity contribution < 1.29 is 9.90 Å². The molecule has 3 aromatic rings. The first kappa shape index (κ1) is 19.8. The van der Waals surface area contributed by atoms with Gasteiger partial charge < -0.3 is 14.6 Å². The van der Waals surface area contributed by atoms with Crippen molar-refractivity contribution in [2.24, 2.45) is 5.92 Å². The number of aromatic hydroxyl groups is 1. The van der Waals surface area contributed by atoms with Crippen LogP contribution in [0, 0.1) is 5.92 Å². The third kappa shape index (κ3) is 4.10. The summed E-state index contributed by atoms with van der Waals surface area (Å²) >= 11 is 1.42. The minimum absolute atomic E-state index is 0.155. The van der Waals surface area contributed by atoms with E-state index in [9.17, 15) is 9.90 Å². The molecule has 152 valence electrons. The SMILES string of the molecule is CCn1c(SCC(=O)N2CCCC(C)C2)nnc1-c1cc2ccccc2cc1O. The van der Waals surface area contributed by atoms with Crippen molar-refractivity contribution in [3.63, 3.8) is 0 Å². The van der Waals surface area contributed by atoms with Crippen LogP contribution in [0.25, 0.3) is 22.2 Å². The van der Waals surface area contributed by atoms with Gasteiger partial charge in [0.15, 0.2) is 11.0 Å². The molecular formula is C22H26N4O2S. The van der Waals surface area contributed by atoms with Crippen LogP contribution < -0.4 is 0 Å². The lowest BCUT2D eigenvalue weighted by Gasteiger charge is -2.30. The Labute approximate surface area is 174 Å². The number of phenolic OH excluding ortho intramolecular Hbond substituents is 1. The van der Waals surface area contributed by atoms with E-state index in [0.29, 0.717) is 34.8 Å². The molecule has 2 aromatic carbocycles. The van der Waals surface area contributed by atoms with Crippen molar-refractivity contribution >= 4 is 28.4 Å². The Morgan fingerprint density at radius 3 is 2.72 bits per heavy atom. The summed E-state index contributed by atoms with van der Waals surface area (Å²) in [5.41, 5.74) is 0.654. The van der Waals surface area contributed by atoms with Crippen LogP contribution in [0.1, 0.15) is 26.7 Å². The molecule has 7 heteroatoms. The van der Waals surface area contributed by atoms with E-state index in [1.54, 1.807) is 6.07 Å². The number of nitrogens with zero attached hydrogens (tertiary/aromatic N) is 4. The lowest BCUT2D eigenvalue weighted by molar-refractivity contribution is -0.130. The van der Waals surface area contributed by atoms with Gasteiger partial charge in [0, 0.05) is 19.6 Å². The summed E-state index contributed by atoms with van der Waals surface area (Å²) in [7, 11) is 0. The Kier molecular flexibility index (Phi) is 5.76. The molecule has 0 aliphatic carbocycles. The monoisotopic (exact) mass is 410 g/mol. The van der Waals surface area contributed by atoms with Crippen molar-refractivity contribution in [2.45, 2.75) is 38.4 Å². The summed E-state index contributed by atoms with van der Waals surface area (Å²) in [6.07, 6.45) is 2.27. The van der Waals surface area contributed by atoms with E-state index in [-0.39, 0.29) is 11.7 Å². The topological polar surface area (TPSA) is 71.2 Å². The summed E-state index contributed by atoms with van der Waals surface area (Å²) in [5.74, 6) is 1.88. The Morgan fingerprint density at radius 1 is 1.24 bits per heavy atom. The van der Waals surface area contributed by atoms with E-state index >= 15 is 0 Å². The second kappa shape index (κ2) is 8.45. The van der Waals surface area contributed by atoms with Crippen LogP contribution in [0.15, 0.2) is 41.6 Å². The number of fused-ring (bicyclic) bond motifs is 1. The molecule has 1 amide bonds. The molecule has 1 aliphatic heterocycles. The fourth-order valence-corrected chi connectivity index (χ4v) is 4.83. The van der Waals surface area contributed by atoms with Gasteiger partial charge in [-0.2, -0.15) is 0 Å². The number of thioether (sulfide) groups is 1. The highest BCUT2D eigenvalue weighted by molar-refractivity contribution is 7.99. The van der Waals surface area contributed by atoms with Crippen molar-refractivity contribution in [1.29, 1.82) is 0 Å². The zero-order chi connectivity index (χ0) is 20.4. The summed E-state index contributed by atoms with van der Waals surface area (Å²) in [6.45, 7) is 6.56. The smallest absolute Gasteiger partial charge is 0.233 e. The van der Waals surface area contributed by atoms with E-state index in [4.69, 9.17) is 0 Å². The number of phenols is 1. The predicted molar refractivity (Wildman–Crippen MR) is 116 cm³/mol. The number of benzene rings is 2. The summed E-state index contributed by atoms with van der Waals surface area (Å²) in [6, 6.07) is 11.6. The van der Waals surface area contributed by atoms with Gasteiger partial charge in [-0.3, -0.25) is 4.79 Å². The minimum atomic E-state index is 0.155. The molecule has 1 saturated heterocycles. The highest BCUT2D eigenvalue weighted by Gasteiger charge is 2.22. The molecule has 6 nitrogen and oxygen atoms in total. The average molecular weight is 411 g/mol. The van der Waals surface area contributed by atoms with Crippen LogP contribution >= 0.6 is 11.8 Å². The van der Waals surface area contributed by atoms with Crippen LogP contribution in [0.3, 0.4) is 0 Å². The van der Waals surface area contributed by atoms with E-state index in [1.807, 2.05) is 46.7 Å². The van der Waals surface area contributed by atoms with Crippen molar-refractivity contribution in [3.05, 3.63) is 36.4 Å². The maximum atomic E-state index is 12.6. The van der Waals surface area contributed by atoms with Gasteiger partial charge in [-0.15, -0.1) is 10.2 Å². The molecule has 0 saturated carbocycles. The predicted octanol–water partition coefficient (Wildman–Crippen LogP) is 4.17. The zero-order valence-corrected chi connectivity index (χ0v) is 17.7.